The molecule has 2 aliphatic rings. The number of nitrogens with zero attached hydrogens (tertiary/aromatic N) is 3. The molecule has 2 heterocycles. The molecule has 1 N–H and O–H groups in total. The van der Waals surface area contributed by atoms with E-state index in [0.717, 1.165) is 25.7 Å². The molecule has 0 spiro atoms. The Kier molecular flexibility index (Phi) is 6.71. The van der Waals surface area contributed by atoms with Crippen molar-refractivity contribution in [1.29, 1.82) is 0 Å². The largest absolute Gasteiger partial charge is 0.411 e. The number of ether oxygens (including phenoxy) is 1. The van der Waals surface area contributed by atoms with Crippen LogP contribution in [0.2, 0.25) is 0 Å². The fourth-order valence-electron chi connectivity index (χ4n) is 3.58. The average molecular weight is 453 g/mol. The normalized spacial score (nSPS) is 18.5. The number of carbonyl (C=O) groups excluding carboxylic acids is 1. The lowest BCUT2D eigenvalue weighted by Crippen LogP contribution is -2.40. The van der Waals surface area contributed by atoms with Gasteiger partial charge in [-0.15, -0.1) is 10.2 Å². The Morgan fingerprint density at radius 2 is 1.97 bits per heavy atom. The number of carbonyl (C=O) groups is 1. The molecule has 1 amide bonds. The van der Waals surface area contributed by atoms with Gasteiger partial charge in [-0.1, -0.05) is 30.7 Å². The number of hydrogen-bond donors (Lipinski definition) is 1. The van der Waals surface area contributed by atoms with Crippen molar-refractivity contribution in [2.75, 3.05) is 32.1 Å². The molecular formula is C19H24N4O5S2. The Balaban J connectivity index is 1.40. The Labute approximate surface area is 179 Å². The van der Waals surface area contributed by atoms with Crippen LogP contribution in [0.15, 0.2) is 38.8 Å². The number of aromatic nitrogens is 2. The van der Waals surface area contributed by atoms with Gasteiger partial charge in [0, 0.05) is 24.7 Å². The Morgan fingerprint density at radius 1 is 1.20 bits per heavy atom. The molecule has 9 nitrogen and oxygen atoms in total. The van der Waals surface area contributed by atoms with E-state index in [1.807, 2.05) is 0 Å². The van der Waals surface area contributed by atoms with Gasteiger partial charge in [0.25, 0.3) is 5.22 Å². The first-order chi connectivity index (χ1) is 14.5. The Bertz CT molecular complexity index is 982. The number of morpholine rings is 1. The lowest BCUT2D eigenvalue weighted by molar-refractivity contribution is -0.119. The highest BCUT2D eigenvalue weighted by molar-refractivity contribution is 7.99. The van der Waals surface area contributed by atoms with E-state index in [9.17, 15) is 13.2 Å². The summed E-state index contributed by atoms with van der Waals surface area (Å²) in [6.45, 7) is 1.43. The quantitative estimate of drug-likeness (QED) is 0.634. The van der Waals surface area contributed by atoms with Crippen LogP contribution >= 0.6 is 11.8 Å². The van der Waals surface area contributed by atoms with Crippen molar-refractivity contribution in [3.8, 4) is 11.5 Å². The Morgan fingerprint density at radius 3 is 2.73 bits per heavy atom. The zero-order valence-electron chi connectivity index (χ0n) is 16.5. The van der Waals surface area contributed by atoms with E-state index >= 15 is 0 Å². The molecule has 2 fully saturated rings. The van der Waals surface area contributed by atoms with E-state index in [2.05, 4.69) is 15.5 Å². The lowest BCUT2D eigenvalue weighted by Gasteiger charge is -2.26. The first-order valence-corrected chi connectivity index (χ1v) is 12.4. The summed E-state index contributed by atoms with van der Waals surface area (Å²) in [6.07, 6.45) is 4.38. The third-order valence-electron chi connectivity index (χ3n) is 5.14. The molecule has 1 aromatic carbocycles. The minimum absolute atomic E-state index is 0.0507. The summed E-state index contributed by atoms with van der Waals surface area (Å²) < 4.78 is 38.0. The highest BCUT2D eigenvalue weighted by Gasteiger charge is 2.27. The van der Waals surface area contributed by atoms with Crippen molar-refractivity contribution in [2.24, 2.45) is 0 Å². The van der Waals surface area contributed by atoms with Crippen LogP contribution in [0.4, 0.5) is 0 Å². The van der Waals surface area contributed by atoms with Crippen LogP contribution in [0.1, 0.15) is 25.7 Å². The molecule has 0 unspecified atom stereocenters. The third kappa shape index (κ3) is 5.02. The zero-order chi connectivity index (χ0) is 21.0. The van der Waals surface area contributed by atoms with Crippen LogP contribution in [0, 0.1) is 0 Å². The van der Waals surface area contributed by atoms with Gasteiger partial charge in [0.15, 0.2) is 0 Å². The molecule has 0 bridgehead atoms. The summed E-state index contributed by atoms with van der Waals surface area (Å²) in [5.41, 5.74) is 0.513. The second kappa shape index (κ2) is 9.46. The number of hydrogen-bond acceptors (Lipinski definition) is 8. The second-order valence-electron chi connectivity index (χ2n) is 7.25. The smallest absolute Gasteiger partial charge is 0.277 e. The van der Waals surface area contributed by atoms with E-state index in [-0.39, 0.29) is 33.7 Å². The van der Waals surface area contributed by atoms with Crippen molar-refractivity contribution in [2.45, 2.75) is 41.8 Å². The number of benzene rings is 1. The molecule has 2 aromatic rings. The minimum atomic E-state index is -3.61. The van der Waals surface area contributed by atoms with Crippen molar-refractivity contribution in [3.05, 3.63) is 24.3 Å². The highest BCUT2D eigenvalue weighted by Crippen LogP contribution is 2.26. The number of rotatable bonds is 7. The van der Waals surface area contributed by atoms with E-state index < -0.39 is 10.0 Å². The van der Waals surface area contributed by atoms with E-state index in [4.69, 9.17) is 9.15 Å². The zero-order valence-corrected chi connectivity index (χ0v) is 18.1. The van der Waals surface area contributed by atoms with Gasteiger partial charge < -0.3 is 14.5 Å². The van der Waals surface area contributed by atoms with Crippen LogP contribution in [-0.2, 0) is 19.6 Å². The molecule has 1 saturated heterocycles. The molecule has 0 radical (unpaired) electrons. The maximum Gasteiger partial charge on any atom is 0.277 e. The van der Waals surface area contributed by atoms with Crippen LogP contribution in [0.5, 0.6) is 0 Å². The van der Waals surface area contributed by atoms with Gasteiger partial charge in [-0.05, 0) is 31.0 Å². The van der Waals surface area contributed by atoms with Gasteiger partial charge in [0.05, 0.1) is 23.9 Å². The predicted octanol–water partition coefficient (Wildman–Crippen LogP) is 1.91. The number of amides is 1. The van der Waals surface area contributed by atoms with Crippen LogP contribution in [0.25, 0.3) is 11.5 Å². The maximum atomic E-state index is 12.9. The van der Waals surface area contributed by atoms with Gasteiger partial charge in [-0.3, -0.25) is 4.79 Å². The standard InChI is InChI=1S/C19H24N4O5S2/c24-17(20-15-5-1-2-6-15)13-29-19-22-21-18(28-19)14-4-3-7-16(12-14)30(25,26)23-8-10-27-11-9-23/h3-4,7,12,15H,1-2,5-6,8-11,13H2,(H,20,24). The van der Waals surface area contributed by atoms with Crippen molar-refractivity contribution >= 4 is 27.7 Å². The van der Waals surface area contributed by atoms with Gasteiger partial charge in [0.2, 0.25) is 21.8 Å². The van der Waals surface area contributed by atoms with Crippen LogP contribution in [-0.4, -0.2) is 66.9 Å². The monoisotopic (exact) mass is 452 g/mol. The summed E-state index contributed by atoms with van der Waals surface area (Å²) >= 11 is 1.17. The topological polar surface area (TPSA) is 115 Å². The molecule has 0 atom stereocenters. The molecule has 11 heteroatoms. The van der Waals surface area contributed by atoms with Gasteiger partial charge in [0.1, 0.15) is 0 Å². The first kappa shape index (κ1) is 21.3. The Hall–Kier alpha value is -1.95. The molecule has 1 aromatic heterocycles. The summed E-state index contributed by atoms with van der Waals surface area (Å²) in [7, 11) is -3.61. The third-order valence-corrected chi connectivity index (χ3v) is 7.86. The molecule has 1 aliphatic carbocycles. The minimum Gasteiger partial charge on any atom is -0.411 e. The molecule has 162 valence electrons. The average Bonchev–Trinajstić information content (AvgIpc) is 3.45. The van der Waals surface area contributed by atoms with E-state index in [1.54, 1.807) is 18.2 Å². The number of sulfonamides is 1. The van der Waals surface area contributed by atoms with E-state index in [0.29, 0.717) is 31.9 Å². The highest BCUT2D eigenvalue weighted by atomic mass is 32.2. The van der Waals surface area contributed by atoms with Crippen molar-refractivity contribution < 1.29 is 22.4 Å². The molecule has 30 heavy (non-hydrogen) atoms. The summed E-state index contributed by atoms with van der Waals surface area (Å²) in [5.74, 6) is 0.363. The lowest BCUT2D eigenvalue weighted by atomic mass is 10.2. The second-order valence-corrected chi connectivity index (χ2v) is 10.1. The fraction of sp³-hybridized carbons (Fsp3) is 0.526. The summed E-state index contributed by atoms with van der Waals surface area (Å²) in [5, 5.41) is 11.3. The maximum absolute atomic E-state index is 12.9. The van der Waals surface area contributed by atoms with Crippen molar-refractivity contribution in [1.82, 2.24) is 19.8 Å². The van der Waals surface area contributed by atoms with Crippen LogP contribution in [0.3, 0.4) is 0 Å². The number of nitrogens with one attached hydrogen (secondary N) is 1. The fourth-order valence-corrected chi connectivity index (χ4v) is 5.61. The van der Waals surface area contributed by atoms with Gasteiger partial charge in [-0.2, -0.15) is 4.31 Å². The first-order valence-electron chi connectivity index (χ1n) is 9.96. The van der Waals surface area contributed by atoms with Gasteiger partial charge >= 0.3 is 0 Å². The molecule has 1 saturated carbocycles. The van der Waals surface area contributed by atoms with Crippen molar-refractivity contribution in [3.63, 3.8) is 0 Å². The molecule has 4 rings (SSSR count). The molecule has 1 aliphatic heterocycles. The van der Waals surface area contributed by atoms with Gasteiger partial charge in [-0.25, -0.2) is 8.42 Å². The predicted molar refractivity (Wildman–Crippen MR) is 110 cm³/mol. The summed E-state index contributed by atoms with van der Waals surface area (Å²) in [6, 6.07) is 6.71. The van der Waals surface area contributed by atoms with Crippen LogP contribution < -0.4 is 5.32 Å². The summed E-state index contributed by atoms with van der Waals surface area (Å²) in [4.78, 5) is 12.2. The molecular weight excluding hydrogens is 428 g/mol. The number of thioether (sulfide) groups is 1. The van der Waals surface area contributed by atoms with E-state index in [1.165, 1.54) is 22.1 Å². The SMILES string of the molecule is O=C(CSc1nnc(-c2cccc(S(=O)(=O)N3CCOCC3)c2)o1)NC1CCCC1.